The van der Waals surface area contributed by atoms with Crippen molar-refractivity contribution in [2.45, 2.75) is 32.0 Å². The molecular weight excluding hydrogens is 105 g/mol. The number of alkyl halides is 1. The average molecular weight is 117 g/mol. The Bertz CT molecular complexity index is 90.5. The van der Waals surface area contributed by atoms with Crippen molar-refractivity contribution in [3.63, 3.8) is 0 Å². The molecule has 0 amide bonds. The van der Waals surface area contributed by atoms with E-state index in [4.69, 9.17) is 0 Å². The molecule has 0 bridgehead atoms. The minimum atomic E-state index is -0.958. The summed E-state index contributed by atoms with van der Waals surface area (Å²) >= 11 is 0. The van der Waals surface area contributed by atoms with Crippen molar-refractivity contribution in [1.29, 1.82) is 0 Å². The quantitative estimate of drug-likeness (QED) is 0.501. The van der Waals surface area contributed by atoms with Crippen LogP contribution < -0.4 is 5.32 Å². The van der Waals surface area contributed by atoms with Crippen molar-refractivity contribution in [2.75, 3.05) is 6.54 Å². The minimum absolute atomic E-state index is 0.0440. The molecule has 1 saturated heterocycles. The molecule has 48 valence electrons. The van der Waals surface area contributed by atoms with Gasteiger partial charge in [0.05, 0.1) is 0 Å². The molecule has 2 heteroatoms. The van der Waals surface area contributed by atoms with Gasteiger partial charge < -0.3 is 5.32 Å². The van der Waals surface area contributed by atoms with E-state index in [0.29, 0.717) is 6.42 Å². The third-order valence-corrected chi connectivity index (χ3v) is 1.97. The fraction of sp³-hybridized carbons (Fsp3) is 1.00. The lowest BCUT2D eigenvalue weighted by atomic mass is 10.0. The zero-order valence-corrected chi connectivity index (χ0v) is 5.37. The maximum absolute atomic E-state index is 12.9. The van der Waals surface area contributed by atoms with Gasteiger partial charge in [-0.25, -0.2) is 4.39 Å². The Kier molecular flexibility index (Phi) is 1.27. The molecule has 0 aromatic carbocycles. The van der Waals surface area contributed by atoms with Crippen LogP contribution in [0.25, 0.3) is 0 Å². The Balaban J connectivity index is 2.54. The summed E-state index contributed by atoms with van der Waals surface area (Å²) in [7, 11) is 0. The van der Waals surface area contributed by atoms with Gasteiger partial charge in [-0.2, -0.15) is 0 Å². The SMILES string of the molecule is C[C@H]1NCCC1(C)F. The van der Waals surface area contributed by atoms with E-state index in [-0.39, 0.29) is 6.04 Å². The number of rotatable bonds is 0. The average Bonchev–Trinajstić information content (AvgIpc) is 1.86. The largest absolute Gasteiger partial charge is 0.311 e. The molecule has 2 atom stereocenters. The molecule has 0 aromatic rings. The van der Waals surface area contributed by atoms with Crippen molar-refractivity contribution < 1.29 is 4.39 Å². The van der Waals surface area contributed by atoms with Crippen LogP contribution in [-0.4, -0.2) is 18.3 Å². The number of nitrogens with one attached hydrogen (secondary N) is 1. The summed E-state index contributed by atoms with van der Waals surface area (Å²) in [5.74, 6) is 0. The molecule has 1 fully saturated rings. The van der Waals surface area contributed by atoms with E-state index in [0.717, 1.165) is 6.54 Å². The number of hydrogen-bond acceptors (Lipinski definition) is 1. The van der Waals surface area contributed by atoms with Crippen LogP contribution in [0.2, 0.25) is 0 Å². The smallest absolute Gasteiger partial charge is 0.124 e. The highest BCUT2D eigenvalue weighted by atomic mass is 19.1. The van der Waals surface area contributed by atoms with Gasteiger partial charge in [0.25, 0.3) is 0 Å². The number of halogens is 1. The Morgan fingerprint density at radius 2 is 2.38 bits per heavy atom. The van der Waals surface area contributed by atoms with Gasteiger partial charge in [0.1, 0.15) is 5.67 Å². The summed E-state index contributed by atoms with van der Waals surface area (Å²) in [6, 6.07) is 0.0440. The molecule has 0 spiro atoms. The van der Waals surface area contributed by atoms with E-state index in [9.17, 15) is 4.39 Å². The maximum Gasteiger partial charge on any atom is 0.124 e. The lowest BCUT2D eigenvalue weighted by molar-refractivity contribution is 0.176. The fourth-order valence-electron chi connectivity index (χ4n) is 0.962. The topological polar surface area (TPSA) is 12.0 Å². The summed E-state index contributed by atoms with van der Waals surface area (Å²) in [5.41, 5.74) is -0.958. The van der Waals surface area contributed by atoms with Crippen LogP contribution in [0.1, 0.15) is 20.3 Å². The Morgan fingerprint density at radius 1 is 1.75 bits per heavy atom. The zero-order valence-electron chi connectivity index (χ0n) is 5.37. The highest BCUT2D eigenvalue weighted by Gasteiger charge is 2.34. The van der Waals surface area contributed by atoms with Crippen molar-refractivity contribution >= 4 is 0 Å². The second-order valence-corrected chi connectivity index (χ2v) is 2.70. The highest BCUT2D eigenvalue weighted by molar-refractivity contribution is 4.91. The first-order valence-corrected chi connectivity index (χ1v) is 3.05. The van der Waals surface area contributed by atoms with Crippen LogP contribution in [-0.2, 0) is 0 Å². The summed E-state index contributed by atoms with van der Waals surface area (Å²) < 4.78 is 12.9. The normalized spacial score (nSPS) is 47.6. The van der Waals surface area contributed by atoms with Crippen LogP contribution in [0.4, 0.5) is 4.39 Å². The van der Waals surface area contributed by atoms with Gasteiger partial charge in [-0.15, -0.1) is 0 Å². The molecule has 1 nitrogen and oxygen atoms in total. The summed E-state index contributed by atoms with van der Waals surface area (Å²) in [4.78, 5) is 0. The lowest BCUT2D eigenvalue weighted by Gasteiger charge is -2.16. The molecule has 0 radical (unpaired) electrons. The first-order chi connectivity index (χ1) is 3.63. The molecule has 0 aliphatic carbocycles. The van der Waals surface area contributed by atoms with Crippen LogP contribution in [0.3, 0.4) is 0 Å². The first kappa shape index (κ1) is 6.02. The van der Waals surface area contributed by atoms with Gasteiger partial charge in [0.15, 0.2) is 0 Å². The monoisotopic (exact) mass is 117 g/mol. The first-order valence-electron chi connectivity index (χ1n) is 3.05. The van der Waals surface area contributed by atoms with Gasteiger partial charge in [-0.1, -0.05) is 0 Å². The lowest BCUT2D eigenvalue weighted by Crippen LogP contribution is -2.32. The summed E-state index contributed by atoms with van der Waals surface area (Å²) in [6.45, 7) is 4.36. The number of hydrogen-bond donors (Lipinski definition) is 1. The minimum Gasteiger partial charge on any atom is -0.311 e. The molecule has 0 aromatic heterocycles. The second kappa shape index (κ2) is 1.69. The van der Waals surface area contributed by atoms with E-state index >= 15 is 0 Å². The predicted molar refractivity (Wildman–Crippen MR) is 31.6 cm³/mol. The van der Waals surface area contributed by atoms with Crippen LogP contribution in [0.15, 0.2) is 0 Å². The molecule has 1 N–H and O–H groups in total. The molecule has 1 unspecified atom stereocenters. The third-order valence-electron chi connectivity index (χ3n) is 1.97. The maximum atomic E-state index is 12.9. The molecule has 8 heavy (non-hydrogen) atoms. The van der Waals surface area contributed by atoms with Crippen molar-refractivity contribution in [3.05, 3.63) is 0 Å². The van der Waals surface area contributed by atoms with E-state index < -0.39 is 5.67 Å². The van der Waals surface area contributed by atoms with E-state index in [1.807, 2.05) is 6.92 Å². The summed E-state index contributed by atoms with van der Waals surface area (Å²) in [6.07, 6.45) is 0.661. The molecule has 0 saturated carbocycles. The molecule has 1 aliphatic rings. The molecule has 1 heterocycles. The molecule has 1 rings (SSSR count). The molecule has 1 aliphatic heterocycles. The van der Waals surface area contributed by atoms with Gasteiger partial charge in [-0.05, 0) is 26.8 Å². The second-order valence-electron chi connectivity index (χ2n) is 2.70. The van der Waals surface area contributed by atoms with Crippen molar-refractivity contribution in [2.24, 2.45) is 0 Å². The van der Waals surface area contributed by atoms with E-state index in [1.54, 1.807) is 6.92 Å². The van der Waals surface area contributed by atoms with Gasteiger partial charge in [0, 0.05) is 6.04 Å². The Hall–Kier alpha value is -0.110. The fourth-order valence-corrected chi connectivity index (χ4v) is 0.962. The predicted octanol–water partition coefficient (Wildman–Crippen LogP) is 1.10. The standard InChI is InChI=1S/C6H12FN/c1-5-6(2,7)3-4-8-5/h5,8H,3-4H2,1-2H3/t5-,6?/m1/s1. The van der Waals surface area contributed by atoms with Crippen molar-refractivity contribution in [1.82, 2.24) is 5.32 Å². The summed E-state index contributed by atoms with van der Waals surface area (Å²) in [5, 5.41) is 3.03. The highest BCUT2D eigenvalue weighted by Crippen LogP contribution is 2.24. The Labute approximate surface area is 49.3 Å². The van der Waals surface area contributed by atoms with Crippen molar-refractivity contribution in [3.8, 4) is 0 Å². The van der Waals surface area contributed by atoms with E-state index in [1.165, 1.54) is 0 Å². The molecular formula is C6H12FN. The zero-order chi connectivity index (χ0) is 6.20. The Morgan fingerprint density at radius 3 is 2.50 bits per heavy atom. The van der Waals surface area contributed by atoms with E-state index in [2.05, 4.69) is 5.32 Å². The van der Waals surface area contributed by atoms with Gasteiger partial charge in [-0.3, -0.25) is 0 Å². The van der Waals surface area contributed by atoms with Crippen LogP contribution in [0, 0.1) is 0 Å². The van der Waals surface area contributed by atoms with Gasteiger partial charge >= 0.3 is 0 Å². The van der Waals surface area contributed by atoms with Gasteiger partial charge in [0.2, 0.25) is 0 Å². The van der Waals surface area contributed by atoms with Crippen LogP contribution in [0.5, 0.6) is 0 Å². The van der Waals surface area contributed by atoms with Crippen LogP contribution >= 0.6 is 0 Å². The third kappa shape index (κ3) is 0.848.